The fourth-order valence-electron chi connectivity index (χ4n) is 2.40. The summed E-state index contributed by atoms with van der Waals surface area (Å²) in [5.74, 6) is 1.81. The lowest BCUT2D eigenvalue weighted by Gasteiger charge is -2.13. The molecular formula is C11H12BrN5S. The highest BCUT2D eigenvalue weighted by Crippen LogP contribution is 2.37. The van der Waals surface area contributed by atoms with E-state index in [1.807, 2.05) is 0 Å². The van der Waals surface area contributed by atoms with Crippen molar-refractivity contribution in [1.82, 2.24) is 25.1 Å². The summed E-state index contributed by atoms with van der Waals surface area (Å²) in [4.78, 5) is 11.8. The molecule has 0 radical (unpaired) electrons. The zero-order chi connectivity index (χ0) is 12.5. The summed E-state index contributed by atoms with van der Waals surface area (Å²) < 4.78 is 1.48. The first kappa shape index (κ1) is 12.0. The van der Waals surface area contributed by atoms with Crippen LogP contribution in [0.25, 0.3) is 11.6 Å². The van der Waals surface area contributed by atoms with Crippen LogP contribution in [0.5, 0.6) is 0 Å². The van der Waals surface area contributed by atoms with Crippen molar-refractivity contribution in [1.29, 1.82) is 0 Å². The molecule has 2 aromatic heterocycles. The van der Waals surface area contributed by atoms with Gasteiger partial charge in [-0.1, -0.05) is 25.1 Å². The summed E-state index contributed by atoms with van der Waals surface area (Å²) in [6, 6.07) is 0. The standard InChI is InChI=1S/C11H12BrN5S/c12-7-8(6-3-1-2-4-6)15-10(16-11(7)18)9-13-5-14-17-9/h5-6H,1-4H2,(H,13,14,17)(H,15,16,18). The summed E-state index contributed by atoms with van der Waals surface area (Å²) in [5.41, 5.74) is 1.14. The van der Waals surface area contributed by atoms with Gasteiger partial charge in [0.15, 0.2) is 11.6 Å². The van der Waals surface area contributed by atoms with Gasteiger partial charge >= 0.3 is 0 Å². The molecule has 0 aromatic carbocycles. The zero-order valence-electron chi connectivity index (χ0n) is 9.61. The lowest BCUT2D eigenvalue weighted by Crippen LogP contribution is -2.03. The molecule has 0 amide bonds. The second-order valence-corrected chi connectivity index (χ2v) is 5.61. The van der Waals surface area contributed by atoms with Crippen molar-refractivity contribution in [2.45, 2.75) is 31.6 Å². The fourth-order valence-corrected chi connectivity index (χ4v) is 3.12. The molecule has 0 aliphatic heterocycles. The number of nitrogens with one attached hydrogen (secondary N) is 2. The van der Waals surface area contributed by atoms with E-state index in [0.717, 1.165) is 10.2 Å². The molecule has 0 spiro atoms. The van der Waals surface area contributed by atoms with E-state index in [9.17, 15) is 0 Å². The van der Waals surface area contributed by atoms with Crippen LogP contribution in [0.4, 0.5) is 0 Å². The number of halogens is 1. The molecule has 1 aliphatic carbocycles. The van der Waals surface area contributed by atoms with Crippen molar-refractivity contribution < 1.29 is 0 Å². The summed E-state index contributed by atoms with van der Waals surface area (Å²) in [6.45, 7) is 0. The monoisotopic (exact) mass is 325 g/mol. The normalized spacial score (nSPS) is 16.3. The third kappa shape index (κ3) is 2.12. The molecule has 0 unspecified atom stereocenters. The van der Waals surface area contributed by atoms with Gasteiger partial charge in [-0.15, -0.1) is 0 Å². The average Bonchev–Trinajstić information content (AvgIpc) is 3.03. The molecule has 94 valence electrons. The van der Waals surface area contributed by atoms with Gasteiger partial charge in [-0.05, 0) is 28.8 Å². The maximum absolute atomic E-state index is 5.30. The first-order valence-electron chi connectivity index (χ1n) is 5.91. The van der Waals surface area contributed by atoms with Crippen LogP contribution in [0.2, 0.25) is 0 Å². The molecule has 5 nitrogen and oxygen atoms in total. The Balaban J connectivity index is 2.10. The predicted octanol–water partition coefficient (Wildman–Crippen LogP) is 3.34. The topological polar surface area (TPSA) is 70.2 Å². The van der Waals surface area contributed by atoms with Gasteiger partial charge in [-0.25, -0.2) is 9.97 Å². The van der Waals surface area contributed by atoms with Crippen molar-refractivity contribution in [2.75, 3.05) is 0 Å². The molecule has 1 fully saturated rings. The van der Waals surface area contributed by atoms with E-state index >= 15 is 0 Å². The van der Waals surface area contributed by atoms with Crippen molar-refractivity contribution in [3.8, 4) is 11.6 Å². The number of hydrogen-bond acceptors (Lipinski definition) is 4. The van der Waals surface area contributed by atoms with Gasteiger partial charge in [0.2, 0.25) is 0 Å². The van der Waals surface area contributed by atoms with E-state index in [0.29, 0.717) is 22.2 Å². The molecule has 1 aliphatic rings. The maximum atomic E-state index is 5.30. The van der Waals surface area contributed by atoms with E-state index in [1.54, 1.807) is 0 Å². The van der Waals surface area contributed by atoms with Crippen molar-refractivity contribution in [2.24, 2.45) is 0 Å². The van der Waals surface area contributed by atoms with Crippen molar-refractivity contribution >= 4 is 28.1 Å². The SMILES string of the molecule is S=c1nc(-c2ncn[nH]2)[nH]c(C2CCCC2)c1Br. The van der Waals surface area contributed by atoms with E-state index in [-0.39, 0.29) is 0 Å². The lowest BCUT2D eigenvalue weighted by molar-refractivity contribution is 0.689. The number of H-pyrrole nitrogens is 2. The summed E-state index contributed by atoms with van der Waals surface area (Å²) in [5, 5.41) is 6.64. The average molecular weight is 326 g/mol. The number of aromatic amines is 2. The van der Waals surface area contributed by atoms with Crippen LogP contribution in [0.1, 0.15) is 37.3 Å². The maximum Gasteiger partial charge on any atom is 0.191 e. The number of rotatable bonds is 2. The molecule has 18 heavy (non-hydrogen) atoms. The minimum atomic E-state index is 0.533. The highest BCUT2D eigenvalue weighted by molar-refractivity contribution is 9.10. The molecule has 3 rings (SSSR count). The molecule has 0 bridgehead atoms. The highest BCUT2D eigenvalue weighted by Gasteiger charge is 2.22. The van der Waals surface area contributed by atoms with Crippen LogP contribution in [-0.4, -0.2) is 25.1 Å². The lowest BCUT2D eigenvalue weighted by atomic mass is 10.0. The van der Waals surface area contributed by atoms with Crippen LogP contribution in [-0.2, 0) is 0 Å². The van der Waals surface area contributed by atoms with Crippen LogP contribution >= 0.6 is 28.1 Å². The zero-order valence-corrected chi connectivity index (χ0v) is 12.0. The Bertz CT molecular complexity index is 600. The summed E-state index contributed by atoms with van der Waals surface area (Å²) in [7, 11) is 0. The minimum absolute atomic E-state index is 0.533. The molecule has 2 N–H and O–H groups in total. The second-order valence-electron chi connectivity index (χ2n) is 4.43. The van der Waals surface area contributed by atoms with Gasteiger partial charge in [0.25, 0.3) is 0 Å². The van der Waals surface area contributed by atoms with Gasteiger partial charge in [-0.2, -0.15) is 5.10 Å². The van der Waals surface area contributed by atoms with Crippen LogP contribution in [0.15, 0.2) is 10.8 Å². The van der Waals surface area contributed by atoms with E-state index in [2.05, 4.69) is 41.1 Å². The summed E-state index contributed by atoms with van der Waals surface area (Å²) >= 11 is 8.84. The Kier molecular flexibility index (Phi) is 3.25. The quantitative estimate of drug-likeness (QED) is 0.831. The van der Waals surface area contributed by atoms with Crippen molar-refractivity contribution in [3.63, 3.8) is 0 Å². The largest absolute Gasteiger partial charge is 0.339 e. The van der Waals surface area contributed by atoms with Crippen LogP contribution < -0.4 is 0 Å². The smallest absolute Gasteiger partial charge is 0.191 e. The van der Waals surface area contributed by atoms with Crippen LogP contribution in [0.3, 0.4) is 0 Å². The van der Waals surface area contributed by atoms with E-state index in [1.165, 1.54) is 32.0 Å². The Morgan fingerprint density at radius 1 is 1.28 bits per heavy atom. The predicted molar refractivity (Wildman–Crippen MR) is 73.7 cm³/mol. The molecule has 2 aromatic rings. The molecule has 2 heterocycles. The van der Waals surface area contributed by atoms with Gasteiger partial charge in [0, 0.05) is 11.6 Å². The molecular weight excluding hydrogens is 314 g/mol. The van der Waals surface area contributed by atoms with E-state index < -0.39 is 0 Å². The Morgan fingerprint density at radius 2 is 2.06 bits per heavy atom. The van der Waals surface area contributed by atoms with Gasteiger partial charge < -0.3 is 4.98 Å². The number of nitrogens with zero attached hydrogens (tertiary/aromatic N) is 3. The highest BCUT2D eigenvalue weighted by atomic mass is 79.9. The first-order chi connectivity index (χ1) is 8.75. The van der Waals surface area contributed by atoms with E-state index in [4.69, 9.17) is 12.2 Å². The van der Waals surface area contributed by atoms with Gasteiger partial charge in [-0.3, -0.25) is 5.10 Å². The van der Waals surface area contributed by atoms with Gasteiger partial charge in [0.1, 0.15) is 11.0 Å². The minimum Gasteiger partial charge on any atom is -0.339 e. The Morgan fingerprint density at radius 3 is 2.72 bits per heavy atom. The first-order valence-corrected chi connectivity index (χ1v) is 7.11. The molecule has 7 heteroatoms. The summed E-state index contributed by atoms with van der Waals surface area (Å²) in [6.07, 6.45) is 6.41. The Hall–Kier alpha value is -1.08. The third-order valence-electron chi connectivity index (χ3n) is 3.29. The number of aromatic nitrogens is 5. The third-order valence-corrected chi connectivity index (χ3v) is 4.65. The molecule has 0 atom stereocenters. The Labute approximate surface area is 118 Å². The fraction of sp³-hybridized carbons (Fsp3) is 0.455. The molecule has 0 saturated heterocycles. The van der Waals surface area contributed by atoms with Gasteiger partial charge in [0.05, 0.1) is 4.47 Å². The van der Waals surface area contributed by atoms with Crippen molar-refractivity contribution in [3.05, 3.63) is 21.1 Å². The second kappa shape index (κ2) is 4.89. The number of hydrogen-bond donors (Lipinski definition) is 2. The van der Waals surface area contributed by atoms with Crippen LogP contribution in [0, 0.1) is 4.64 Å². The molecule has 1 saturated carbocycles.